The third-order valence-electron chi connectivity index (χ3n) is 4.08. The molecule has 1 aliphatic rings. The lowest BCUT2D eigenvalue weighted by Gasteiger charge is -2.29. The summed E-state index contributed by atoms with van der Waals surface area (Å²) >= 11 is 5.92. The molecular formula is C17H18ClFN2O. The molecule has 1 N–H and O–H groups in total. The van der Waals surface area contributed by atoms with E-state index in [1.807, 2.05) is 6.07 Å². The third-order valence-corrected chi connectivity index (χ3v) is 4.41. The van der Waals surface area contributed by atoms with Crippen LogP contribution in [0.15, 0.2) is 23.8 Å². The van der Waals surface area contributed by atoms with Crippen molar-refractivity contribution in [3.8, 4) is 6.07 Å². The van der Waals surface area contributed by atoms with E-state index in [-0.39, 0.29) is 22.2 Å². The monoisotopic (exact) mass is 320 g/mol. The highest BCUT2D eigenvalue weighted by Gasteiger charge is 2.24. The van der Waals surface area contributed by atoms with Gasteiger partial charge < -0.3 is 5.32 Å². The molecule has 5 heteroatoms. The average Bonchev–Trinajstić information content (AvgIpc) is 2.49. The van der Waals surface area contributed by atoms with Gasteiger partial charge in [-0.25, -0.2) is 4.39 Å². The summed E-state index contributed by atoms with van der Waals surface area (Å²) in [6.07, 6.45) is 5.42. The predicted octanol–water partition coefficient (Wildman–Crippen LogP) is 4.08. The molecule has 1 aromatic rings. The van der Waals surface area contributed by atoms with Crippen LogP contribution < -0.4 is 5.32 Å². The van der Waals surface area contributed by atoms with Crippen LogP contribution in [0.3, 0.4) is 0 Å². The number of carbonyl (C=O) groups is 1. The number of halogens is 2. The van der Waals surface area contributed by atoms with Crippen LogP contribution in [-0.2, 0) is 4.79 Å². The van der Waals surface area contributed by atoms with Gasteiger partial charge in [0.05, 0.1) is 5.02 Å². The van der Waals surface area contributed by atoms with E-state index in [9.17, 15) is 14.4 Å². The van der Waals surface area contributed by atoms with Gasteiger partial charge in [0.25, 0.3) is 5.91 Å². The molecule has 1 fully saturated rings. The minimum Gasteiger partial charge on any atom is -0.348 e. The van der Waals surface area contributed by atoms with Crippen molar-refractivity contribution in [2.75, 3.05) is 0 Å². The van der Waals surface area contributed by atoms with Crippen molar-refractivity contribution >= 4 is 23.6 Å². The predicted molar refractivity (Wildman–Crippen MR) is 84.6 cm³/mol. The Morgan fingerprint density at radius 3 is 2.82 bits per heavy atom. The number of hydrogen-bond acceptors (Lipinski definition) is 2. The number of nitrogens with one attached hydrogen (secondary N) is 1. The van der Waals surface area contributed by atoms with E-state index in [4.69, 9.17) is 11.6 Å². The highest BCUT2D eigenvalue weighted by atomic mass is 35.5. The van der Waals surface area contributed by atoms with Gasteiger partial charge in [-0.05, 0) is 37.0 Å². The summed E-state index contributed by atoms with van der Waals surface area (Å²) in [6.45, 7) is 2.09. The molecule has 1 saturated carbocycles. The first-order valence-electron chi connectivity index (χ1n) is 7.39. The molecular weight excluding hydrogens is 303 g/mol. The zero-order valence-electron chi connectivity index (χ0n) is 12.4. The van der Waals surface area contributed by atoms with Gasteiger partial charge in [0.15, 0.2) is 0 Å². The summed E-state index contributed by atoms with van der Waals surface area (Å²) in [5.74, 6) is -0.644. The van der Waals surface area contributed by atoms with Crippen molar-refractivity contribution in [2.45, 2.75) is 38.6 Å². The van der Waals surface area contributed by atoms with E-state index >= 15 is 0 Å². The quantitative estimate of drug-likeness (QED) is 0.674. The average molecular weight is 321 g/mol. The van der Waals surface area contributed by atoms with Gasteiger partial charge in [0, 0.05) is 11.6 Å². The molecule has 2 rings (SSSR count). The summed E-state index contributed by atoms with van der Waals surface area (Å²) < 4.78 is 13.8. The van der Waals surface area contributed by atoms with E-state index in [2.05, 4.69) is 12.2 Å². The Morgan fingerprint density at radius 2 is 2.18 bits per heavy atom. The van der Waals surface area contributed by atoms with Gasteiger partial charge >= 0.3 is 0 Å². The van der Waals surface area contributed by atoms with Gasteiger partial charge in [-0.3, -0.25) is 4.79 Å². The van der Waals surface area contributed by atoms with Crippen LogP contribution >= 0.6 is 11.6 Å². The molecule has 0 saturated heterocycles. The molecule has 0 spiro atoms. The summed E-state index contributed by atoms with van der Waals surface area (Å²) in [5, 5.41) is 12.2. The molecule has 2 atom stereocenters. The fourth-order valence-electron chi connectivity index (χ4n) is 2.72. The fraction of sp³-hybridized carbons (Fsp3) is 0.412. The van der Waals surface area contributed by atoms with Crippen LogP contribution in [0.4, 0.5) is 4.39 Å². The molecule has 0 radical (unpaired) electrons. The van der Waals surface area contributed by atoms with Crippen molar-refractivity contribution in [2.24, 2.45) is 5.92 Å². The molecule has 22 heavy (non-hydrogen) atoms. The van der Waals surface area contributed by atoms with E-state index in [1.54, 1.807) is 0 Å². The smallest absolute Gasteiger partial charge is 0.262 e. The lowest BCUT2D eigenvalue weighted by atomic mass is 9.86. The maximum Gasteiger partial charge on any atom is 0.262 e. The van der Waals surface area contributed by atoms with Crippen LogP contribution in [0.2, 0.25) is 5.02 Å². The number of amides is 1. The molecule has 0 aromatic heterocycles. The summed E-state index contributed by atoms with van der Waals surface area (Å²) in [4.78, 5) is 12.2. The topological polar surface area (TPSA) is 52.9 Å². The molecule has 1 aromatic carbocycles. The maximum atomic E-state index is 13.8. The molecule has 0 bridgehead atoms. The van der Waals surface area contributed by atoms with Crippen molar-refractivity contribution < 1.29 is 9.18 Å². The van der Waals surface area contributed by atoms with Crippen LogP contribution in [0.5, 0.6) is 0 Å². The largest absolute Gasteiger partial charge is 0.348 e. The molecule has 1 amide bonds. The van der Waals surface area contributed by atoms with Gasteiger partial charge in [-0.1, -0.05) is 37.4 Å². The van der Waals surface area contributed by atoms with Crippen molar-refractivity contribution in [1.82, 2.24) is 5.32 Å². The van der Waals surface area contributed by atoms with Crippen molar-refractivity contribution in [1.29, 1.82) is 5.26 Å². The van der Waals surface area contributed by atoms with E-state index < -0.39 is 11.7 Å². The van der Waals surface area contributed by atoms with E-state index in [0.717, 1.165) is 19.3 Å². The highest BCUT2D eigenvalue weighted by molar-refractivity contribution is 6.32. The van der Waals surface area contributed by atoms with Crippen molar-refractivity contribution in [3.05, 3.63) is 40.2 Å². The first-order chi connectivity index (χ1) is 10.5. The lowest BCUT2D eigenvalue weighted by molar-refractivity contribution is -0.118. The van der Waals surface area contributed by atoms with E-state index in [1.165, 1.54) is 30.7 Å². The van der Waals surface area contributed by atoms with Crippen LogP contribution in [-0.4, -0.2) is 11.9 Å². The van der Waals surface area contributed by atoms with Crippen molar-refractivity contribution in [3.63, 3.8) is 0 Å². The number of nitriles is 1. The van der Waals surface area contributed by atoms with Crippen LogP contribution in [0.25, 0.3) is 6.08 Å². The minimum absolute atomic E-state index is 0.0626. The zero-order chi connectivity index (χ0) is 16.1. The van der Waals surface area contributed by atoms with Crippen LogP contribution in [0, 0.1) is 23.1 Å². The van der Waals surface area contributed by atoms with Gasteiger partial charge in [0.2, 0.25) is 0 Å². The molecule has 0 unspecified atom stereocenters. The first kappa shape index (κ1) is 16.5. The Balaban J connectivity index is 2.19. The molecule has 116 valence electrons. The summed E-state index contributed by atoms with van der Waals surface area (Å²) in [5.41, 5.74) is -0.0719. The lowest BCUT2D eigenvalue weighted by Crippen LogP contribution is -2.41. The minimum atomic E-state index is -0.556. The number of carbonyl (C=O) groups excluding carboxylic acids is 1. The Kier molecular flexibility index (Phi) is 5.57. The second-order valence-corrected chi connectivity index (χ2v) is 6.05. The highest BCUT2D eigenvalue weighted by Crippen LogP contribution is 2.25. The standard InChI is InChI=1S/C17H18ClFN2O/c1-11-5-2-3-8-16(11)21-17(22)12(10-20)9-13-14(18)6-4-7-15(13)19/h4,6-7,9,11,16H,2-3,5,8H2,1H3,(H,21,22)/b12-9+/t11-,16+/m1/s1. The second-order valence-electron chi connectivity index (χ2n) is 5.65. The second kappa shape index (κ2) is 7.42. The fourth-order valence-corrected chi connectivity index (χ4v) is 2.94. The number of nitrogens with zero attached hydrogens (tertiary/aromatic N) is 1. The Morgan fingerprint density at radius 1 is 1.45 bits per heavy atom. The van der Waals surface area contributed by atoms with Gasteiger partial charge in [-0.2, -0.15) is 5.26 Å². The number of benzene rings is 1. The third kappa shape index (κ3) is 3.86. The summed E-state index contributed by atoms with van der Waals surface area (Å²) in [6, 6.07) is 6.14. The molecule has 1 aliphatic carbocycles. The Hall–Kier alpha value is -1.86. The molecule has 0 aliphatic heterocycles. The zero-order valence-corrected chi connectivity index (χ0v) is 13.2. The Labute approximate surface area is 134 Å². The SMILES string of the molecule is C[C@@H]1CCCC[C@@H]1NC(=O)/C(C#N)=C/c1c(F)cccc1Cl. The van der Waals surface area contributed by atoms with Crippen LogP contribution in [0.1, 0.15) is 38.2 Å². The maximum absolute atomic E-state index is 13.8. The normalized spacial score (nSPS) is 22.0. The van der Waals surface area contributed by atoms with E-state index in [0.29, 0.717) is 5.92 Å². The molecule has 3 nitrogen and oxygen atoms in total. The van der Waals surface area contributed by atoms with Gasteiger partial charge in [0.1, 0.15) is 17.5 Å². The molecule has 0 heterocycles. The Bertz CT molecular complexity index is 616. The summed E-state index contributed by atoms with van der Waals surface area (Å²) in [7, 11) is 0. The number of rotatable bonds is 3. The first-order valence-corrected chi connectivity index (χ1v) is 7.77. The van der Waals surface area contributed by atoms with Gasteiger partial charge in [-0.15, -0.1) is 0 Å². The number of hydrogen-bond donors (Lipinski definition) is 1.